The van der Waals surface area contributed by atoms with E-state index in [0.717, 1.165) is 41.2 Å². The second-order valence-corrected chi connectivity index (χ2v) is 7.62. The van der Waals surface area contributed by atoms with Gasteiger partial charge in [0.1, 0.15) is 0 Å². The number of rotatable bonds is 6. The number of hydrogen-bond acceptors (Lipinski definition) is 3. The number of pyridine rings is 2. The zero-order valence-electron chi connectivity index (χ0n) is 15.0. The van der Waals surface area contributed by atoms with E-state index in [-0.39, 0.29) is 5.43 Å². The first-order chi connectivity index (χ1) is 12.1. The Labute approximate surface area is 153 Å². The van der Waals surface area contributed by atoms with Crippen LogP contribution in [-0.2, 0) is 0 Å². The lowest BCUT2D eigenvalue weighted by atomic mass is 10.2. The molecule has 1 aromatic carbocycles. The maximum Gasteiger partial charge on any atom is 0.192 e. The summed E-state index contributed by atoms with van der Waals surface area (Å²) in [7, 11) is 0. The SMILES string of the molecule is CCCC(CC)Sc1cc(=O)c2cnc(C)cc2n1-c1ccccc1. The molecule has 0 saturated heterocycles. The maximum atomic E-state index is 12.7. The molecule has 4 heteroatoms. The van der Waals surface area contributed by atoms with Crippen LogP contribution in [0.25, 0.3) is 16.6 Å². The van der Waals surface area contributed by atoms with Crippen molar-refractivity contribution in [2.45, 2.75) is 50.3 Å². The summed E-state index contributed by atoms with van der Waals surface area (Å²) < 4.78 is 2.20. The summed E-state index contributed by atoms with van der Waals surface area (Å²) in [5.41, 5.74) is 2.97. The van der Waals surface area contributed by atoms with Crippen molar-refractivity contribution in [3.8, 4) is 5.69 Å². The smallest absolute Gasteiger partial charge is 0.192 e. The zero-order chi connectivity index (χ0) is 17.8. The highest BCUT2D eigenvalue weighted by molar-refractivity contribution is 7.99. The molecule has 0 fully saturated rings. The van der Waals surface area contributed by atoms with Crippen LogP contribution in [0.1, 0.15) is 38.8 Å². The summed E-state index contributed by atoms with van der Waals surface area (Å²) in [6, 6.07) is 14.0. The number of aromatic nitrogens is 2. The number of thioether (sulfide) groups is 1. The van der Waals surface area contributed by atoms with Gasteiger partial charge in [0.15, 0.2) is 5.43 Å². The minimum atomic E-state index is 0.0449. The molecule has 0 aliphatic rings. The molecule has 0 radical (unpaired) electrons. The van der Waals surface area contributed by atoms with Gasteiger partial charge in [-0.2, -0.15) is 0 Å². The molecule has 0 spiro atoms. The second kappa shape index (κ2) is 7.87. The fraction of sp³-hybridized carbons (Fsp3) is 0.333. The molecule has 0 aliphatic carbocycles. The number of fused-ring (bicyclic) bond motifs is 1. The third-order valence-corrected chi connectivity index (χ3v) is 5.81. The van der Waals surface area contributed by atoms with Crippen LogP contribution in [-0.4, -0.2) is 14.8 Å². The Morgan fingerprint density at radius 1 is 1.16 bits per heavy atom. The molecular weight excluding hydrogens is 328 g/mol. The average Bonchev–Trinajstić information content (AvgIpc) is 2.62. The van der Waals surface area contributed by atoms with Gasteiger partial charge in [0, 0.05) is 28.9 Å². The Morgan fingerprint density at radius 2 is 1.92 bits per heavy atom. The van der Waals surface area contributed by atoms with Gasteiger partial charge >= 0.3 is 0 Å². The second-order valence-electron chi connectivity index (χ2n) is 6.30. The largest absolute Gasteiger partial charge is 0.304 e. The molecule has 0 aliphatic heterocycles. The van der Waals surface area contributed by atoms with Gasteiger partial charge in [-0.25, -0.2) is 0 Å². The molecule has 0 saturated carbocycles. The molecule has 3 aromatic rings. The first-order valence-electron chi connectivity index (χ1n) is 8.88. The molecule has 2 heterocycles. The number of benzene rings is 1. The highest BCUT2D eigenvalue weighted by Gasteiger charge is 2.15. The predicted molar refractivity (Wildman–Crippen MR) is 107 cm³/mol. The van der Waals surface area contributed by atoms with E-state index in [1.807, 2.05) is 43.0 Å². The topological polar surface area (TPSA) is 34.9 Å². The summed E-state index contributed by atoms with van der Waals surface area (Å²) in [5.74, 6) is 0. The summed E-state index contributed by atoms with van der Waals surface area (Å²) in [6.07, 6.45) is 5.09. The van der Waals surface area contributed by atoms with Gasteiger partial charge in [0.2, 0.25) is 0 Å². The molecular formula is C21H24N2OS. The van der Waals surface area contributed by atoms with E-state index >= 15 is 0 Å². The lowest BCUT2D eigenvalue weighted by Crippen LogP contribution is -2.13. The van der Waals surface area contributed by atoms with Crippen LogP contribution in [0.4, 0.5) is 0 Å². The molecule has 1 atom stereocenters. The quantitative estimate of drug-likeness (QED) is 0.560. The molecule has 130 valence electrons. The summed E-state index contributed by atoms with van der Waals surface area (Å²) >= 11 is 1.81. The van der Waals surface area contributed by atoms with Gasteiger partial charge in [-0.1, -0.05) is 38.5 Å². The van der Waals surface area contributed by atoms with Crippen LogP contribution in [0.5, 0.6) is 0 Å². The van der Waals surface area contributed by atoms with Gasteiger partial charge in [-0.05, 0) is 38.0 Å². The van der Waals surface area contributed by atoms with Crippen molar-refractivity contribution in [1.29, 1.82) is 0 Å². The van der Waals surface area contributed by atoms with Crippen molar-refractivity contribution in [3.05, 3.63) is 64.6 Å². The fourth-order valence-electron chi connectivity index (χ4n) is 3.06. The number of nitrogens with zero attached hydrogens (tertiary/aromatic N) is 2. The van der Waals surface area contributed by atoms with Crippen LogP contribution in [0.2, 0.25) is 0 Å². The van der Waals surface area contributed by atoms with E-state index in [1.54, 1.807) is 12.3 Å². The van der Waals surface area contributed by atoms with E-state index in [4.69, 9.17) is 0 Å². The van der Waals surface area contributed by atoms with E-state index < -0.39 is 0 Å². The van der Waals surface area contributed by atoms with Gasteiger partial charge in [0.05, 0.1) is 15.9 Å². The molecule has 3 rings (SSSR count). The Bertz CT molecular complexity index is 918. The van der Waals surface area contributed by atoms with Gasteiger partial charge in [-0.15, -0.1) is 11.8 Å². The van der Waals surface area contributed by atoms with Crippen molar-refractivity contribution in [2.75, 3.05) is 0 Å². The van der Waals surface area contributed by atoms with Crippen molar-refractivity contribution >= 4 is 22.7 Å². The number of para-hydroxylation sites is 1. The zero-order valence-corrected chi connectivity index (χ0v) is 15.8. The molecule has 0 N–H and O–H groups in total. The average molecular weight is 353 g/mol. The number of aryl methyl sites for hydroxylation is 1. The van der Waals surface area contributed by atoms with Crippen LogP contribution in [0.3, 0.4) is 0 Å². The molecule has 0 amide bonds. The predicted octanol–water partition coefficient (Wildman–Crippen LogP) is 5.36. The lowest BCUT2D eigenvalue weighted by Gasteiger charge is -2.20. The third kappa shape index (κ3) is 3.79. The Morgan fingerprint density at radius 3 is 2.60 bits per heavy atom. The van der Waals surface area contributed by atoms with Crippen LogP contribution < -0.4 is 5.43 Å². The molecule has 25 heavy (non-hydrogen) atoms. The van der Waals surface area contributed by atoms with E-state index in [2.05, 4.69) is 35.5 Å². The maximum absolute atomic E-state index is 12.7. The van der Waals surface area contributed by atoms with Crippen molar-refractivity contribution in [2.24, 2.45) is 0 Å². The van der Waals surface area contributed by atoms with Crippen molar-refractivity contribution in [1.82, 2.24) is 9.55 Å². The molecule has 3 nitrogen and oxygen atoms in total. The van der Waals surface area contributed by atoms with Gasteiger partial charge in [0.25, 0.3) is 0 Å². The minimum Gasteiger partial charge on any atom is -0.304 e. The highest BCUT2D eigenvalue weighted by atomic mass is 32.2. The monoisotopic (exact) mass is 352 g/mol. The van der Waals surface area contributed by atoms with Crippen LogP contribution >= 0.6 is 11.8 Å². The van der Waals surface area contributed by atoms with E-state index in [0.29, 0.717) is 10.6 Å². The van der Waals surface area contributed by atoms with E-state index in [9.17, 15) is 4.79 Å². The van der Waals surface area contributed by atoms with E-state index in [1.165, 1.54) is 0 Å². The number of hydrogen-bond donors (Lipinski definition) is 0. The Hall–Kier alpha value is -2.07. The first kappa shape index (κ1) is 17.7. The van der Waals surface area contributed by atoms with Crippen molar-refractivity contribution < 1.29 is 0 Å². The lowest BCUT2D eigenvalue weighted by molar-refractivity contribution is 0.716. The standard InChI is InChI=1S/C21H24N2OS/c1-4-9-17(5-2)25-21-13-20(24)18-14-22-15(3)12-19(18)23(21)16-10-7-6-8-11-16/h6-8,10-14,17H,4-5,9H2,1-3H3. The minimum absolute atomic E-state index is 0.0449. The van der Waals surface area contributed by atoms with Crippen molar-refractivity contribution in [3.63, 3.8) is 0 Å². The summed E-state index contributed by atoms with van der Waals surface area (Å²) in [4.78, 5) is 17.0. The first-order valence-corrected chi connectivity index (χ1v) is 9.76. The fourth-order valence-corrected chi connectivity index (χ4v) is 4.41. The van der Waals surface area contributed by atoms with Gasteiger partial charge < -0.3 is 4.57 Å². The summed E-state index contributed by atoms with van der Waals surface area (Å²) in [5, 5.41) is 2.19. The highest BCUT2D eigenvalue weighted by Crippen LogP contribution is 2.32. The van der Waals surface area contributed by atoms with Gasteiger partial charge in [-0.3, -0.25) is 9.78 Å². The molecule has 0 bridgehead atoms. The Kier molecular flexibility index (Phi) is 5.59. The molecule has 2 aromatic heterocycles. The Balaban J connectivity index is 2.26. The normalized spacial score (nSPS) is 12.4. The van der Waals surface area contributed by atoms with Crippen LogP contribution in [0.15, 0.2) is 58.5 Å². The van der Waals surface area contributed by atoms with Crippen LogP contribution in [0, 0.1) is 6.92 Å². The summed E-state index contributed by atoms with van der Waals surface area (Å²) in [6.45, 7) is 6.39. The molecule has 1 unspecified atom stereocenters. The third-order valence-electron chi connectivity index (χ3n) is 4.37.